The standard InChI is InChI=1S/C31H39N3O6S/c1-22-10-12-27(41-22)20-33(15-14-23-11-13-28(38-3)29(17-23)39-4)30(35)21-34(19-26-9-6-16-40-26)31(36)32-24-7-5-8-25(18-24)37-2/h5,7-8,10-13,17-18,26H,6,9,14-16,19-21H2,1-4H3,(H,32,36). The van der Waals surface area contributed by atoms with Gasteiger partial charge in [0.1, 0.15) is 12.3 Å². The highest BCUT2D eigenvalue weighted by Crippen LogP contribution is 2.28. The molecule has 3 aromatic rings. The fourth-order valence-electron chi connectivity index (χ4n) is 4.77. The second kappa shape index (κ2) is 14.7. The van der Waals surface area contributed by atoms with E-state index in [0.717, 1.165) is 23.3 Å². The minimum absolute atomic E-state index is 0.0635. The van der Waals surface area contributed by atoms with Crippen LogP contribution in [0.15, 0.2) is 54.6 Å². The number of hydrogen-bond acceptors (Lipinski definition) is 7. The van der Waals surface area contributed by atoms with Crippen molar-refractivity contribution >= 4 is 29.0 Å². The molecule has 0 bridgehead atoms. The van der Waals surface area contributed by atoms with Gasteiger partial charge in [-0.3, -0.25) is 4.79 Å². The van der Waals surface area contributed by atoms with Crippen LogP contribution in [-0.2, 0) is 22.5 Å². The van der Waals surface area contributed by atoms with Crippen LogP contribution >= 0.6 is 11.3 Å². The number of hydrogen-bond donors (Lipinski definition) is 1. The van der Waals surface area contributed by atoms with Gasteiger partial charge in [-0.05, 0) is 68.1 Å². The lowest BCUT2D eigenvalue weighted by molar-refractivity contribution is -0.132. The number of aryl methyl sites for hydroxylation is 1. The van der Waals surface area contributed by atoms with Gasteiger partial charge in [-0.1, -0.05) is 12.1 Å². The van der Waals surface area contributed by atoms with Crippen LogP contribution < -0.4 is 19.5 Å². The number of nitrogens with zero attached hydrogens (tertiary/aromatic N) is 2. The van der Waals surface area contributed by atoms with Crippen LogP contribution in [0.1, 0.15) is 28.2 Å². The molecule has 0 spiro atoms. The number of ether oxygens (including phenoxy) is 4. The van der Waals surface area contributed by atoms with E-state index in [9.17, 15) is 9.59 Å². The van der Waals surface area contributed by atoms with Gasteiger partial charge in [0.15, 0.2) is 11.5 Å². The zero-order valence-electron chi connectivity index (χ0n) is 24.2. The van der Waals surface area contributed by atoms with Gasteiger partial charge < -0.3 is 34.1 Å². The van der Waals surface area contributed by atoms with Gasteiger partial charge in [0.05, 0.1) is 34.0 Å². The van der Waals surface area contributed by atoms with E-state index in [-0.39, 0.29) is 24.6 Å². The zero-order valence-corrected chi connectivity index (χ0v) is 25.0. The molecule has 1 N–H and O–H groups in total. The van der Waals surface area contributed by atoms with E-state index in [1.54, 1.807) is 49.7 Å². The number of urea groups is 1. The van der Waals surface area contributed by atoms with Crippen LogP contribution in [0.5, 0.6) is 17.2 Å². The lowest BCUT2D eigenvalue weighted by atomic mass is 10.1. The van der Waals surface area contributed by atoms with E-state index < -0.39 is 0 Å². The van der Waals surface area contributed by atoms with Gasteiger partial charge >= 0.3 is 6.03 Å². The molecule has 1 atom stereocenters. The maximum absolute atomic E-state index is 13.8. The summed E-state index contributed by atoms with van der Waals surface area (Å²) in [5.74, 6) is 1.81. The van der Waals surface area contributed by atoms with Crippen molar-refractivity contribution in [2.24, 2.45) is 0 Å². The summed E-state index contributed by atoms with van der Waals surface area (Å²) in [4.78, 5) is 33.0. The molecule has 41 heavy (non-hydrogen) atoms. The quantitative estimate of drug-likeness (QED) is 0.292. The van der Waals surface area contributed by atoms with Gasteiger partial charge in [-0.25, -0.2) is 4.79 Å². The number of anilines is 1. The highest BCUT2D eigenvalue weighted by molar-refractivity contribution is 7.11. The lowest BCUT2D eigenvalue weighted by Gasteiger charge is -2.29. The maximum Gasteiger partial charge on any atom is 0.322 e. The Bertz CT molecular complexity index is 1310. The predicted octanol–water partition coefficient (Wildman–Crippen LogP) is 5.37. The summed E-state index contributed by atoms with van der Waals surface area (Å²) in [6, 6.07) is 16.7. The third-order valence-corrected chi connectivity index (χ3v) is 7.98. The van der Waals surface area contributed by atoms with E-state index in [4.69, 9.17) is 18.9 Å². The Morgan fingerprint density at radius 3 is 2.51 bits per heavy atom. The molecule has 1 unspecified atom stereocenters. The molecule has 1 aliphatic heterocycles. The summed E-state index contributed by atoms with van der Waals surface area (Å²) in [6.45, 7) is 3.94. The van der Waals surface area contributed by atoms with E-state index in [1.165, 1.54) is 4.88 Å². The molecule has 2 heterocycles. The van der Waals surface area contributed by atoms with Crippen molar-refractivity contribution in [3.05, 3.63) is 69.9 Å². The first-order valence-corrected chi connectivity index (χ1v) is 14.6. The normalized spacial score (nSPS) is 14.4. The Labute approximate surface area is 246 Å². The van der Waals surface area contributed by atoms with Crippen molar-refractivity contribution in [2.45, 2.75) is 38.8 Å². The molecule has 9 nitrogen and oxygen atoms in total. The summed E-state index contributed by atoms with van der Waals surface area (Å²) in [5, 5.41) is 2.93. The van der Waals surface area contributed by atoms with Gasteiger partial charge in [0.25, 0.3) is 0 Å². The van der Waals surface area contributed by atoms with E-state index in [2.05, 4.69) is 24.4 Å². The molecule has 220 valence electrons. The Hall–Kier alpha value is -3.76. The van der Waals surface area contributed by atoms with Crippen molar-refractivity contribution in [3.63, 3.8) is 0 Å². The van der Waals surface area contributed by atoms with Gasteiger partial charge in [-0.15, -0.1) is 11.3 Å². The highest BCUT2D eigenvalue weighted by atomic mass is 32.1. The summed E-state index contributed by atoms with van der Waals surface area (Å²) in [6.07, 6.45) is 2.32. The molecule has 1 saturated heterocycles. The summed E-state index contributed by atoms with van der Waals surface area (Å²) in [5.41, 5.74) is 1.62. The van der Waals surface area contributed by atoms with Crippen LogP contribution in [0.4, 0.5) is 10.5 Å². The number of methoxy groups -OCH3 is 3. The minimum atomic E-state index is -0.353. The van der Waals surface area contributed by atoms with Crippen LogP contribution in [0.2, 0.25) is 0 Å². The third kappa shape index (κ3) is 8.61. The highest BCUT2D eigenvalue weighted by Gasteiger charge is 2.27. The molecular weight excluding hydrogens is 542 g/mol. The van der Waals surface area contributed by atoms with E-state index in [1.807, 2.05) is 35.2 Å². The van der Waals surface area contributed by atoms with E-state index >= 15 is 0 Å². The van der Waals surface area contributed by atoms with Gasteiger partial charge in [0.2, 0.25) is 5.91 Å². The fraction of sp³-hybridized carbons (Fsp3) is 0.419. The molecule has 0 radical (unpaired) electrons. The van der Waals surface area contributed by atoms with Crippen molar-refractivity contribution in [1.82, 2.24) is 9.80 Å². The molecule has 1 aliphatic rings. The van der Waals surface area contributed by atoms with E-state index in [0.29, 0.717) is 55.6 Å². The Balaban J connectivity index is 1.51. The Kier molecular flexibility index (Phi) is 10.9. The van der Waals surface area contributed by atoms with Crippen LogP contribution in [0.3, 0.4) is 0 Å². The lowest BCUT2D eigenvalue weighted by Crippen LogP contribution is -2.47. The number of benzene rings is 2. The maximum atomic E-state index is 13.8. The van der Waals surface area contributed by atoms with Gasteiger partial charge in [-0.2, -0.15) is 0 Å². The molecule has 1 aromatic heterocycles. The average molecular weight is 582 g/mol. The predicted molar refractivity (Wildman–Crippen MR) is 160 cm³/mol. The molecule has 1 fully saturated rings. The smallest absolute Gasteiger partial charge is 0.322 e. The molecule has 4 rings (SSSR count). The third-order valence-electron chi connectivity index (χ3n) is 7.00. The first kappa shape index (κ1) is 30.2. The monoisotopic (exact) mass is 581 g/mol. The number of nitrogens with one attached hydrogen (secondary N) is 1. The zero-order chi connectivity index (χ0) is 29.2. The van der Waals surface area contributed by atoms with Crippen LogP contribution in [0, 0.1) is 6.92 Å². The molecule has 0 aliphatic carbocycles. The van der Waals surface area contributed by atoms with Crippen LogP contribution in [0.25, 0.3) is 0 Å². The largest absolute Gasteiger partial charge is 0.497 e. The van der Waals surface area contributed by atoms with Gasteiger partial charge in [0, 0.05) is 41.2 Å². The number of rotatable bonds is 13. The van der Waals surface area contributed by atoms with Crippen molar-refractivity contribution in [2.75, 3.05) is 52.9 Å². The van der Waals surface area contributed by atoms with Crippen molar-refractivity contribution < 1.29 is 28.5 Å². The Morgan fingerprint density at radius 1 is 1.00 bits per heavy atom. The first-order chi connectivity index (χ1) is 19.9. The molecule has 3 amide bonds. The number of carbonyl (C=O) groups excluding carboxylic acids is 2. The molecule has 2 aromatic carbocycles. The number of amides is 3. The molecule has 10 heteroatoms. The topological polar surface area (TPSA) is 89.6 Å². The number of carbonyl (C=O) groups is 2. The fourth-order valence-corrected chi connectivity index (χ4v) is 5.68. The van der Waals surface area contributed by atoms with Crippen molar-refractivity contribution in [3.8, 4) is 17.2 Å². The Morgan fingerprint density at radius 2 is 1.83 bits per heavy atom. The van der Waals surface area contributed by atoms with Crippen molar-refractivity contribution in [1.29, 1.82) is 0 Å². The number of thiophene rings is 1. The second-order valence-corrected chi connectivity index (χ2v) is 11.3. The SMILES string of the molecule is COc1cccc(NC(=O)N(CC(=O)N(CCc2ccc(OC)c(OC)c2)Cc2ccc(C)s2)CC2CCCO2)c1. The second-order valence-electron chi connectivity index (χ2n) is 9.94. The molecular formula is C31H39N3O6S. The summed E-state index contributed by atoms with van der Waals surface area (Å²) >= 11 is 1.67. The first-order valence-electron chi connectivity index (χ1n) is 13.7. The summed E-state index contributed by atoms with van der Waals surface area (Å²) < 4.78 is 21.9. The average Bonchev–Trinajstić information content (AvgIpc) is 3.66. The summed E-state index contributed by atoms with van der Waals surface area (Å²) in [7, 11) is 4.79. The van der Waals surface area contributed by atoms with Crippen LogP contribution in [-0.4, -0.2) is 75.4 Å². The molecule has 0 saturated carbocycles. The minimum Gasteiger partial charge on any atom is -0.497 e.